The number of aromatic nitrogens is 2. The summed E-state index contributed by atoms with van der Waals surface area (Å²) in [5.74, 6) is 2.54. The lowest BCUT2D eigenvalue weighted by Gasteiger charge is -2.39. The number of nitrogens with zero attached hydrogens (tertiary/aromatic N) is 4. The number of guanidine groups is 1. The number of hydrogen-bond acceptors (Lipinski definition) is 2. The van der Waals surface area contributed by atoms with Gasteiger partial charge in [0.25, 0.3) is 0 Å². The summed E-state index contributed by atoms with van der Waals surface area (Å²) in [5, 5.41) is 3.59. The van der Waals surface area contributed by atoms with Crippen LogP contribution in [0.25, 0.3) is 0 Å². The minimum absolute atomic E-state index is 0. The number of hydrogen-bond donors (Lipinski definition) is 1. The lowest BCUT2D eigenvalue weighted by molar-refractivity contribution is 0.189. The Labute approximate surface area is 144 Å². The number of piperidine rings is 1. The van der Waals surface area contributed by atoms with Gasteiger partial charge < -0.3 is 14.8 Å². The first-order valence-corrected chi connectivity index (χ1v) is 7.64. The van der Waals surface area contributed by atoms with Crippen LogP contribution in [0.15, 0.2) is 23.7 Å². The predicted molar refractivity (Wildman–Crippen MR) is 96.1 cm³/mol. The van der Waals surface area contributed by atoms with Gasteiger partial charge in [-0.25, -0.2) is 4.98 Å². The molecule has 1 N–H and O–H groups in total. The third kappa shape index (κ3) is 3.70. The number of imidazole rings is 1. The van der Waals surface area contributed by atoms with Crippen molar-refractivity contribution in [2.24, 2.45) is 16.8 Å². The van der Waals surface area contributed by atoms with E-state index in [1.807, 2.05) is 19.6 Å². The maximum Gasteiger partial charge on any atom is 0.193 e. The van der Waals surface area contributed by atoms with Crippen LogP contribution in [-0.2, 0) is 0 Å². The molecule has 2 heterocycles. The van der Waals surface area contributed by atoms with Crippen LogP contribution in [0.2, 0.25) is 0 Å². The summed E-state index contributed by atoms with van der Waals surface area (Å²) in [7, 11) is 1.89. The smallest absolute Gasteiger partial charge is 0.193 e. The first-order valence-electron chi connectivity index (χ1n) is 7.64. The minimum atomic E-state index is 0. The van der Waals surface area contributed by atoms with Crippen molar-refractivity contribution in [3.63, 3.8) is 0 Å². The molecule has 4 atom stereocenters. The Morgan fingerprint density at radius 1 is 1.33 bits per heavy atom. The van der Waals surface area contributed by atoms with Gasteiger partial charge in [-0.1, -0.05) is 13.8 Å². The molecule has 1 saturated carbocycles. The zero-order chi connectivity index (χ0) is 14.1. The van der Waals surface area contributed by atoms with Crippen molar-refractivity contribution in [2.45, 2.75) is 38.8 Å². The van der Waals surface area contributed by atoms with E-state index in [1.165, 1.54) is 12.8 Å². The Morgan fingerprint density at radius 2 is 2.10 bits per heavy atom. The summed E-state index contributed by atoms with van der Waals surface area (Å²) in [6, 6.07) is 1.11. The Morgan fingerprint density at radius 3 is 2.67 bits per heavy atom. The monoisotopic (exact) mass is 403 g/mol. The zero-order valence-corrected chi connectivity index (χ0v) is 15.4. The molecular weight excluding hydrogens is 377 g/mol. The third-order valence-electron chi connectivity index (χ3n) is 4.76. The van der Waals surface area contributed by atoms with Gasteiger partial charge in [-0.2, -0.15) is 0 Å². The van der Waals surface area contributed by atoms with Crippen LogP contribution in [0.5, 0.6) is 0 Å². The van der Waals surface area contributed by atoms with Gasteiger partial charge in [0.15, 0.2) is 5.96 Å². The van der Waals surface area contributed by atoms with Crippen LogP contribution in [0.3, 0.4) is 0 Å². The largest absolute Gasteiger partial charge is 0.353 e. The molecule has 1 aromatic heterocycles. The van der Waals surface area contributed by atoms with E-state index in [-0.39, 0.29) is 24.0 Å². The second-order valence-corrected chi connectivity index (χ2v) is 6.30. The lowest BCUT2D eigenvalue weighted by atomic mass is 9.93. The van der Waals surface area contributed by atoms with E-state index < -0.39 is 0 Å². The topological polar surface area (TPSA) is 45.5 Å². The number of aliphatic imine (C=N–C) groups is 1. The molecule has 0 spiro atoms. The molecule has 0 amide bonds. The standard InChI is InChI=1S/C15H25N5.HI/c1-11-4-6-19(9-14(11)20-7-5-17-10-20)15(16-3)18-13-8-12(13)2;/h5,7,10-14H,4,6,8-9H2,1-3H3,(H,16,18);1H. The van der Waals surface area contributed by atoms with Crippen LogP contribution in [-0.4, -0.2) is 46.6 Å². The van der Waals surface area contributed by atoms with Crippen molar-refractivity contribution in [2.75, 3.05) is 20.1 Å². The van der Waals surface area contributed by atoms with Crippen LogP contribution in [0, 0.1) is 11.8 Å². The molecule has 3 rings (SSSR count). The highest BCUT2D eigenvalue weighted by Gasteiger charge is 2.35. The van der Waals surface area contributed by atoms with Crippen molar-refractivity contribution >= 4 is 29.9 Å². The minimum Gasteiger partial charge on any atom is -0.353 e. The molecule has 4 unspecified atom stereocenters. The molecule has 6 heteroatoms. The van der Waals surface area contributed by atoms with E-state index in [9.17, 15) is 0 Å². The number of likely N-dealkylation sites (tertiary alicyclic amines) is 1. The molecule has 0 aromatic carbocycles. The summed E-state index contributed by atoms with van der Waals surface area (Å²) in [6.45, 7) is 6.73. The molecule has 21 heavy (non-hydrogen) atoms. The molecule has 1 aliphatic carbocycles. The Hall–Kier alpha value is -0.790. The van der Waals surface area contributed by atoms with Gasteiger partial charge in [-0.3, -0.25) is 4.99 Å². The fourth-order valence-electron chi connectivity index (χ4n) is 3.08. The normalized spacial score (nSPS) is 32.5. The van der Waals surface area contributed by atoms with Crippen molar-refractivity contribution < 1.29 is 0 Å². The third-order valence-corrected chi connectivity index (χ3v) is 4.76. The molecule has 118 valence electrons. The summed E-state index contributed by atoms with van der Waals surface area (Å²) in [6.07, 6.45) is 8.34. The maximum atomic E-state index is 4.47. The Kier molecular flexibility index (Phi) is 5.51. The molecule has 0 bridgehead atoms. The first kappa shape index (κ1) is 16.6. The molecule has 1 aromatic rings. The van der Waals surface area contributed by atoms with Crippen molar-refractivity contribution in [3.8, 4) is 0 Å². The predicted octanol–water partition coefficient (Wildman–Crippen LogP) is 2.37. The van der Waals surface area contributed by atoms with E-state index in [1.54, 1.807) is 0 Å². The highest BCUT2D eigenvalue weighted by molar-refractivity contribution is 14.0. The van der Waals surface area contributed by atoms with Crippen molar-refractivity contribution in [1.82, 2.24) is 19.8 Å². The quantitative estimate of drug-likeness (QED) is 0.469. The average molecular weight is 403 g/mol. The lowest BCUT2D eigenvalue weighted by Crippen LogP contribution is -2.49. The Bertz CT molecular complexity index is 472. The van der Waals surface area contributed by atoms with Crippen LogP contribution in [0.1, 0.15) is 32.7 Å². The average Bonchev–Trinajstić information content (AvgIpc) is 2.94. The number of halogens is 1. The van der Waals surface area contributed by atoms with Crippen LogP contribution in [0.4, 0.5) is 0 Å². The van der Waals surface area contributed by atoms with Gasteiger partial charge in [0.1, 0.15) is 0 Å². The van der Waals surface area contributed by atoms with Crippen molar-refractivity contribution in [1.29, 1.82) is 0 Å². The van der Waals surface area contributed by atoms with E-state index >= 15 is 0 Å². The SMILES string of the molecule is CN=C(NC1CC1C)N1CCC(C)C(n2ccnc2)C1.I. The van der Waals surface area contributed by atoms with Gasteiger partial charge in [-0.15, -0.1) is 24.0 Å². The maximum absolute atomic E-state index is 4.47. The van der Waals surface area contributed by atoms with Gasteiger partial charge in [0.2, 0.25) is 0 Å². The Balaban J connectivity index is 0.00000161. The van der Waals surface area contributed by atoms with Crippen LogP contribution >= 0.6 is 24.0 Å². The molecule has 2 fully saturated rings. The summed E-state index contributed by atoms with van der Waals surface area (Å²) in [4.78, 5) is 11.1. The molecule has 0 radical (unpaired) electrons. The van der Waals surface area contributed by atoms with E-state index in [2.05, 4.69) is 44.8 Å². The number of nitrogens with one attached hydrogen (secondary N) is 1. The highest BCUT2D eigenvalue weighted by atomic mass is 127. The highest BCUT2D eigenvalue weighted by Crippen LogP contribution is 2.31. The molecule has 2 aliphatic rings. The molecule has 1 aliphatic heterocycles. The van der Waals surface area contributed by atoms with Crippen molar-refractivity contribution in [3.05, 3.63) is 18.7 Å². The summed E-state index contributed by atoms with van der Waals surface area (Å²) in [5.41, 5.74) is 0. The van der Waals surface area contributed by atoms with E-state index in [0.29, 0.717) is 18.0 Å². The fourth-order valence-corrected chi connectivity index (χ4v) is 3.08. The fraction of sp³-hybridized carbons (Fsp3) is 0.733. The molecule has 1 saturated heterocycles. The molecule has 5 nitrogen and oxygen atoms in total. The van der Waals surface area contributed by atoms with Crippen LogP contribution < -0.4 is 5.32 Å². The van der Waals surface area contributed by atoms with E-state index in [4.69, 9.17) is 0 Å². The molecular formula is C15H26IN5. The summed E-state index contributed by atoms with van der Waals surface area (Å²) >= 11 is 0. The second kappa shape index (κ2) is 6.98. The number of rotatable bonds is 2. The summed E-state index contributed by atoms with van der Waals surface area (Å²) < 4.78 is 2.24. The van der Waals surface area contributed by atoms with E-state index in [0.717, 1.165) is 25.0 Å². The van der Waals surface area contributed by atoms with Gasteiger partial charge in [0.05, 0.1) is 12.4 Å². The second-order valence-electron chi connectivity index (χ2n) is 6.30. The first-order chi connectivity index (χ1) is 9.69. The van der Waals surface area contributed by atoms with Gasteiger partial charge in [-0.05, 0) is 24.7 Å². The zero-order valence-electron chi connectivity index (χ0n) is 13.1. The van der Waals surface area contributed by atoms with Gasteiger partial charge in [0, 0.05) is 38.6 Å². The van der Waals surface area contributed by atoms with Gasteiger partial charge >= 0.3 is 0 Å².